The number of nitrogen functional groups attached to an aromatic ring is 1. The van der Waals surface area contributed by atoms with Crippen molar-refractivity contribution in [1.29, 1.82) is 0 Å². The number of rotatable bonds is 5. The molecule has 0 saturated carbocycles. The Hall–Kier alpha value is -3.87. The Morgan fingerprint density at radius 1 is 1.03 bits per heavy atom. The van der Waals surface area contributed by atoms with Crippen molar-refractivity contribution in [3.05, 3.63) is 72.3 Å². The van der Waals surface area contributed by atoms with E-state index in [1.807, 2.05) is 54.6 Å². The van der Waals surface area contributed by atoms with E-state index in [1.165, 1.54) is 0 Å². The van der Waals surface area contributed by atoms with Crippen LogP contribution in [-0.2, 0) is 0 Å². The first-order chi connectivity index (χ1) is 15.2. The largest absolute Gasteiger partial charge is 0.488 e. The maximum atomic E-state index is 12.5. The number of carbonyl (C=O) groups excluding carboxylic acids is 1. The molecule has 1 saturated heterocycles. The molecule has 0 aliphatic carbocycles. The highest BCUT2D eigenvalue weighted by Gasteiger charge is 2.25. The van der Waals surface area contributed by atoms with Crippen molar-refractivity contribution < 1.29 is 19.0 Å². The van der Waals surface area contributed by atoms with Crippen LogP contribution in [0.4, 0.5) is 17.1 Å². The summed E-state index contributed by atoms with van der Waals surface area (Å²) in [6.45, 7) is 1.92. The number of carbonyl (C=O) groups is 1. The summed E-state index contributed by atoms with van der Waals surface area (Å²) in [5.41, 5.74) is 8.70. The molecule has 158 valence electrons. The van der Waals surface area contributed by atoms with Gasteiger partial charge in [0.1, 0.15) is 11.9 Å². The van der Waals surface area contributed by atoms with Gasteiger partial charge in [0, 0.05) is 30.3 Å². The molecular formula is C24H23N3O4. The zero-order valence-corrected chi connectivity index (χ0v) is 16.9. The first-order valence-corrected chi connectivity index (χ1v) is 10.2. The highest BCUT2D eigenvalue weighted by molar-refractivity contribution is 6.05. The maximum Gasteiger partial charge on any atom is 0.255 e. The Balaban J connectivity index is 1.19. The molecule has 0 bridgehead atoms. The Morgan fingerprint density at radius 2 is 1.84 bits per heavy atom. The van der Waals surface area contributed by atoms with Gasteiger partial charge in [0.05, 0.1) is 17.9 Å². The molecule has 0 spiro atoms. The topological polar surface area (TPSA) is 86.1 Å². The van der Waals surface area contributed by atoms with E-state index in [-0.39, 0.29) is 18.8 Å². The van der Waals surface area contributed by atoms with Gasteiger partial charge in [-0.2, -0.15) is 0 Å². The molecular weight excluding hydrogens is 394 g/mol. The van der Waals surface area contributed by atoms with E-state index in [0.717, 1.165) is 42.4 Å². The minimum atomic E-state index is -0.185. The fraction of sp³-hybridized carbons (Fsp3) is 0.208. The molecule has 5 rings (SSSR count). The lowest BCUT2D eigenvalue weighted by Gasteiger charge is -2.19. The number of hydrogen-bond acceptors (Lipinski definition) is 6. The molecule has 3 aromatic carbocycles. The predicted octanol–water partition coefficient (Wildman–Crippen LogP) is 3.91. The molecule has 1 atom stereocenters. The van der Waals surface area contributed by atoms with E-state index in [0.29, 0.717) is 16.9 Å². The monoisotopic (exact) mass is 417 g/mol. The second-order valence-electron chi connectivity index (χ2n) is 7.58. The quantitative estimate of drug-likeness (QED) is 0.613. The number of fused-ring (bicyclic) bond motifs is 1. The van der Waals surface area contributed by atoms with Crippen LogP contribution in [-0.4, -0.2) is 31.9 Å². The lowest BCUT2D eigenvalue weighted by molar-refractivity contribution is 0.102. The van der Waals surface area contributed by atoms with E-state index in [9.17, 15) is 4.79 Å². The smallest absolute Gasteiger partial charge is 0.255 e. The van der Waals surface area contributed by atoms with Gasteiger partial charge in [-0.3, -0.25) is 4.79 Å². The molecule has 1 amide bonds. The summed E-state index contributed by atoms with van der Waals surface area (Å²) in [5, 5.41) is 2.85. The summed E-state index contributed by atoms with van der Waals surface area (Å²) in [5.74, 6) is 2.07. The van der Waals surface area contributed by atoms with Crippen LogP contribution in [0.25, 0.3) is 0 Å². The third-order valence-corrected chi connectivity index (χ3v) is 5.50. The third-order valence-electron chi connectivity index (χ3n) is 5.50. The van der Waals surface area contributed by atoms with Crippen LogP contribution >= 0.6 is 0 Å². The van der Waals surface area contributed by atoms with Crippen LogP contribution in [0.2, 0.25) is 0 Å². The fourth-order valence-corrected chi connectivity index (χ4v) is 3.83. The average molecular weight is 417 g/mol. The standard InChI is InChI=1S/C24H23N3O4/c25-20-3-1-2-4-21(20)26-24(28)16-5-7-17(8-6-16)27-12-11-19(14-27)31-18-9-10-22-23(13-18)30-15-29-22/h1-10,13,19H,11-12,14-15,25H2,(H,26,28)/t19-/m0/s1. The van der Waals surface area contributed by atoms with E-state index < -0.39 is 0 Å². The van der Waals surface area contributed by atoms with Crippen molar-refractivity contribution in [3.8, 4) is 17.2 Å². The summed E-state index contributed by atoms with van der Waals surface area (Å²) in [4.78, 5) is 14.8. The van der Waals surface area contributed by atoms with Crippen LogP contribution in [0.5, 0.6) is 17.2 Å². The molecule has 3 aromatic rings. The molecule has 0 radical (unpaired) electrons. The number of nitrogens with two attached hydrogens (primary N) is 1. The molecule has 7 nitrogen and oxygen atoms in total. The van der Waals surface area contributed by atoms with Gasteiger partial charge in [0.25, 0.3) is 5.91 Å². The number of ether oxygens (including phenoxy) is 3. The average Bonchev–Trinajstić information content (AvgIpc) is 3.45. The molecule has 3 N–H and O–H groups in total. The predicted molar refractivity (Wildman–Crippen MR) is 119 cm³/mol. The van der Waals surface area contributed by atoms with Gasteiger partial charge in [0.2, 0.25) is 6.79 Å². The van der Waals surface area contributed by atoms with E-state index in [1.54, 1.807) is 12.1 Å². The first-order valence-electron chi connectivity index (χ1n) is 10.2. The van der Waals surface area contributed by atoms with Gasteiger partial charge in [0.15, 0.2) is 11.5 Å². The molecule has 7 heteroatoms. The molecule has 0 unspecified atom stereocenters. The van der Waals surface area contributed by atoms with Crippen molar-refractivity contribution in [2.45, 2.75) is 12.5 Å². The Bertz CT molecular complexity index is 1100. The number of benzene rings is 3. The Labute approximate surface area is 180 Å². The minimum absolute atomic E-state index is 0.0874. The van der Waals surface area contributed by atoms with Gasteiger partial charge in [-0.15, -0.1) is 0 Å². The van der Waals surface area contributed by atoms with Crippen LogP contribution in [0.3, 0.4) is 0 Å². The van der Waals surface area contributed by atoms with Gasteiger partial charge in [-0.1, -0.05) is 12.1 Å². The Kier molecular flexibility index (Phi) is 5.00. The summed E-state index contributed by atoms with van der Waals surface area (Å²) < 4.78 is 16.9. The summed E-state index contributed by atoms with van der Waals surface area (Å²) in [7, 11) is 0. The lowest BCUT2D eigenvalue weighted by Crippen LogP contribution is -2.24. The summed E-state index contributed by atoms with van der Waals surface area (Å²) in [6, 6.07) is 20.5. The summed E-state index contributed by atoms with van der Waals surface area (Å²) in [6.07, 6.45) is 1.01. The number of para-hydroxylation sites is 2. The second kappa shape index (κ2) is 8.10. The number of amides is 1. The fourth-order valence-electron chi connectivity index (χ4n) is 3.83. The first kappa shape index (κ1) is 19.1. The molecule has 2 aliphatic rings. The molecule has 2 aliphatic heterocycles. The number of nitrogens with one attached hydrogen (secondary N) is 1. The van der Waals surface area contributed by atoms with Crippen molar-refractivity contribution in [2.24, 2.45) is 0 Å². The highest BCUT2D eigenvalue weighted by Crippen LogP contribution is 2.36. The van der Waals surface area contributed by atoms with E-state index >= 15 is 0 Å². The highest BCUT2D eigenvalue weighted by atomic mass is 16.7. The molecule has 0 aromatic heterocycles. The molecule has 31 heavy (non-hydrogen) atoms. The van der Waals surface area contributed by atoms with Crippen molar-refractivity contribution in [1.82, 2.24) is 0 Å². The van der Waals surface area contributed by atoms with Crippen molar-refractivity contribution in [2.75, 3.05) is 35.8 Å². The summed E-state index contributed by atoms with van der Waals surface area (Å²) >= 11 is 0. The lowest BCUT2D eigenvalue weighted by atomic mass is 10.1. The van der Waals surface area contributed by atoms with Crippen molar-refractivity contribution >= 4 is 23.0 Å². The second-order valence-corrected chi connectivity index (χ2v) is 7.58. The van der Waals surface area contributed by atoms with E-state index in [2.05, 4.69) is 10.2 Å². The zero-order chi connectivity index (χ0) is 21.2. The van der Waals surface area contributed by atoms with Gasteiger partial charge in [-0.25, -0.2) is 0 Å². The van der Waals surface area contributed by atoms with Gasteiger partial charge < -0.3 is 30.2 Å². The minimum Gasteiger partial charge on any atom is -0.488 e. The zero-order valence-electron chi connectivity index (χ0n) is 16.9. The number of nitrogens with zero attached hydrogens (tertiary/aromatic N) is 1. The van der Waals surface area contributed by atoms with Gasteiger partial charge >= 0.3 is 0 Å². The van der Waals surface area contributed by atoms with Crippen LogP contribution in [0.15, 0.2) is 66.7 Å². The normalized spacial score (nSPS) is 16.9. The van der Waals surface area contributed by atoms with Crippen LogP contribution in [0.1, 0.15) is 16.8 Å². The maximum absolute atomic E-state index is 12.5. The SMILES string of the molecule is Nc1ccccc1NC(=O)c1ccc(N2CC[C@H](Oc3ccc4c(c3)OCO4)C2)cc1. The van der Waals surface area contributed by atoms with E-state index in [4.69, 9.17) is 19.9 Å². The number of anilines is 3. The third kappa shape index (κ3) is 4.07. The van der Waals surface area contributed by atoms with Crippen LogP contribution in [0, 0.1) is 0 Å². The Morgan fingerprint density at radius 3 is 2.68 bits per heavy atom. The molecule has 2 heterocycles. The number of hydrogen-bond donors (Lipinski definition) is 2. The molecule has 1 fully saturated rings. The van der Waals surface area contributed by atoms with Crippen molar-refractivity contribution in [3.63, 3.8) is 0 Å². The van der Waals surface area contributed by atoms with Crippen LogP contribution < -0.4 is 30.2 Å². The van der Waals surface area contributed by atoms with Gasteiger partial charge in [-0.05, 0) is 48.5 Å².